The van der Waals surface area contributed by atoms with Gasteiger partial charge in [-0.05, 0) is 59.8 Å². The van der Waals surface area contributed by atoms with Gasteiger partial charge in [-0.3, -0.25) is 0 Å². The Balaban J connectivity index is 1.57. The van der Waals surface area contributed by atoms with Gasteiger partial charge in [0.05, 0.1) is 0 Å². The molecule has 0 bridgehead atoms. The Morgan fingerprint density at radius 1 is 0.947 bits per heavy atom. The first kappa shape index (κ1) is 11.5. The Kier molecular flexibility index (Phi) is 2.63. The summed E-state index contributed by atoms with van der Waals surface area (Å²) in [4.78, 5) is 0. The summed E-state index contributed by atoms with van der Waals surface area (Å²) in [5, 5.41) is 2.71. The summed E-state index contributed by atoms with van der Waals surface area (Å²) in [7, 11) is 0. The van der Waals surface area contributed by atoms with Crippen molar-refractivity contribution in [2.24, 2.45) is 23.5 Å². The van der Waals surface area contributed by atoms with E-state index in [1.54, 1.807) is 0 Å². The van der Waals surface area contributed by atoms with E-state index in [-0.39, 0.29) is 0 Å². The van der Waals surface area contributed by atoms with Crippen molar-refractivity contribution in [2.75, 3.05) is 0 Å². The lowest BCUT2D eigenvalue weighted by molar-refractivity contribution is 0.393. The van der Waals surface area contributed by atoms with Gasteiger partial charge >= 0.3 is 0 Å². The van der Waals surface area contributed by atoms with Crippen LogP contribution in [0.1, 0.15) is 24.8 Å². The predicted octanol–water partition coefficient (Wildman–Crippen LogP) is 3.76. The molecule has 2 saturated carbocycles. The van der Waals surface area contributed by atoms with Crippen LogP contribution in [0, 0.1) is 17.8 Å². The van der Waals surface area contributed by atoms with Gasteiger partial charge in [0, 0.05) is 6.04 Å². The van der Waals surface area contributed by atoms with Gasteiger partial charge in [-0.25, -0.2) is 0 Å². The molecule has 0 spiro atoms. The SMILES string of the molecule is NC(Cc1cccc2ccccc12)C1CC2CC2C1. The number of hydrogen-bond acceptors (Lipinski definition) is 1. The van der Waals surface area contributed by atoms with Crippen LogP contribution < -0.4 is 5.73 Å². The standard InChI is InChI=1S/C18H21N/c19-18(16-9-14-8-15(14)10-16)11-13-6-3-5-12-4-1-2-7-17(12)13/h1-7,14-16,18H,8-11,19H2. The van der Waals surface area contributed by atoms with Gasteiger partial charge in [-0.1, -0.05) is 42.5 Å². The van der Waals surface area contributed by atoms with Gasteiger partial charge in [0.2, 0.25) is 0 Å². The van der Waals surface area contributed by atoms with Crippen molar-refractivity contribution in [3.63, 3.8) is 0 Å². The topological polar surface area (TPSA) is 26.0 Å². The lowest BCUT2D eigenvalue weighted by atomic mass is 9.89. The van der Waals surface area contributed by atoms with Crippen LogP contribution in [0.25, 0.3) is 10.8 Å². The first-order chi connectivity index (χ1) is 9.31. The molecule has 0 aromatic heterocycles. The van der Waals surface area contributed by atoms with E-state index in [1.165, 1.54) is 35.6 Å². The van der Waals surface area contributed by atoms with Crippen molar-refractivity contribution in [3.8, 4) is 0 Å². The van der Waals surface area contributed by atoms with Crippen molar-refractivity contribution in [3.05, 3.63) is 48.0 Å². The third kappa shape index (κ3) is 2.06. The molecule has 2 aromatic carbocycles. The third-order valence-electron chi connectivity index (χ3n) is 5.22. The maximum absolute atomic E-state index is 6.48. The molecule has 0 radical (unpaired) electrons. The van der Waals surface area contributed by atoms with Gasteiger partial charge in [-0.2, -0.15) is 0 Å². The van der Waals surface area contributed by atoms with Gasteiger partial charge in [0.1, 0.15) is 0 Å². The number of rotatable bonds is 3. The second kappa shape index (κ2) is 4.35. The minimum Gasteiger partial charge on any atom is -0.327 e. The minimum atomic E-state index is 0.346. The summed E-state index contributed by atoms with van der Waals surface area (Å²) in [5.41, 5.74) is 7.91. The van der Waals surface area contributed by atoms with E-state index in [0.717, 1.165) is 24.2 Å². The van der Waals surface area contributed by atoms with E-state index in [9.17, 15) is 0 Å². The fourth-order valence-corrected chi connectivity index (χ4v) is 4.00. The van der Waals surface area contributed by atoms with Crippen molar-refractivity contribution in [1.29, 1.82) is 0 Å². The quantitative estimate of drug-likeness (QED) is 0.883. The highest BCUT2D eigenvalue weighted by atomic mass is 14.7. The van der Waals surface area contributed by atoms with Crippen molar-refractivity contribution in [1.82, 2.24) is 0 Å². The zero-order valence-corrected chi connectivity index (χ0v) is 11.3. The fourth-order valence-electron chi connectivity index (χ4n) is 4.00. The second-order valence-corrected chi connectivity index (χ2v) is 6.49. The number of benzene rings is 2. The molecule has 0 amide bonds. The van der Waals surface area contributed by atoms with Crippen LogP contribution in [0.5, 0.6) is 0 Å². The molecule has 0 aliphatic heterocycles. The van der Waals surface area contributed by atoms with Crippen LogP contribution in [-0.2, 0) is 6.42 Å². The van der Waals surface area contributed by atoms with E-state index in [2.05, 4.69) is 42.5 Å². The highest BCUT2D eigenvalue weighted by Gasteiger charge is 2.47. The molecule has 0 saturated heterocycles. The third-order valence-corrected chi connectivity index (χ3v) is 5.22. The highest BCUT2D eigenvalue weighted by molar-refractivity contribution is 5.85. The van der Waals surface area contributed by atoms with Crippen molar-refractivity contribution >= 4 is 10.8 Å². The molecular weight excluding hydrogens is 230 g/mol. The Hall–Kier alpha value is -1.34. The summed E-state index contributed by atoms with van der Waals surface area (Å²) in [6.07, 6.45) is 5.29. The Morgan fingerprint density at radius 3 is 2.53 bits per heavy atom. The first-order valence-corrected chi connectivity index (χ1v) is 7.53. The molecule has 98 valence electrons. The molecule has 0 heterocycles. The van der Waals surface area contributed by atoms with Gasteiger partial charge in [0.25, 0.3) is 0 Å². The largest absolute Gasteiger partial charge is 0.327 e. The van der Waals surface area contributed by atoms with Crippen LogP contribution in [0.2, 0.25) is 0 Å². The zero-order valence-electron chi connectivity index (χ0n) is 11.3. The molecular formula is C18H21N. The van der Waals surface area contributed by atoms with Crippen LogP contribution in [0.4, 0.5) is 0 Å². The van der Waals surface area contributed by atoms with E-state index in [1.807, 2.05) is 0 Å². The van der Waals surface area contributed by atoms with E-state index in [0.29, 0.717) is 6.04 Å². The molecule has 3 unspecified atom stereocenters. The molecule has 2 aromatic rings. The monoisotopic (exact) mass is 251 g/mol. The Labute approximate surface area is 114 Å². The average Bonchev–Trinajstić information content (AvgIpc) is 3.05. The van der Waals surface area contributed by atoms with Gasteiger partial charge in [0.15, 0.2) is 0 Å². The molecule has 1 nitrogen and oxygen atoms in total. The molecule has 3 atom stereocenters. The summed E-state index contributed by atoms with van der Waals surface area (Å²) < 4.78 is 0. The molecule has 2 fully saturated rings. The van der Waals surface area contributed by atoms with Crippen LogP contribution in [-0.4, -0.2) is 6.04 Å². The average molecular weight is 251 g/mol. The van der Waals surface area contributed by atoms with E-state index in [4.69, 9.17) is 5.73 Å². The fraction of sp³-hybridized carbons (Fsp3) is 0.444. The Morgan fingerprint density at radius 2 is 1.68 bits per heavy atom. The highest BCUT2D eigenvalue weighted by Crippen LogP contribution is 2.55. The summed E-state index contributed by atoms with van der Waals surface area (Å²) in [5.74, 6) is 2.83. The van der Waals surface area contributed by atoms with E-state index >= 15 is 0 Å². The molecule has 2 N–H and O–H groups in total. The summed E-state index contributed by atoms with van der Waals surface area (Å²) in [6.45, 7) is 0. The van der Waals surface area contributed by atoms with Crippen LogP contribution in [0.3, 0.4) is 0 Å². The first-order valence-electron chi connectivity index (χ1n) is 7.53. The minimum absolute atomic E-state index is 0.346. The maximum atomic E-state index is 6.48. The van der Waals surface area contributed by atoms with Gasteiger partial charge in [-0.15, -0.1) is 0 Å². The molecule has 19 heavy (non-hydrogen) atoms. The Bertz CT molecular complexity index is 588. The van der Waals surface area contributed by atoms with Crippen molar-refractivity contribution < 1.29 is 0 Å². The van der Waals surface area contributed by atoms with Crippen LogP contribution >= 0.6 is 0 Å². The molecule has 2 aliphatic carbocycles. The van der Waals surface area contributed by atoms with Gasteiger partial charge < -0.3 is 5.73 Å². The second-order valence-electron chi connectivity index (χ2n) is 6.49. The number of nitrogens with two attached hydrogens (primary N) is 1. The molecule has 2 aliphatic rings. The van der Waals surface area contributed by atoms with E-state index < -0.39 is 0 Å². The normalized spacial score (nSPS) is 30.3. The number of fused-ring (bicyclic) bond motifs is 2. The maximum Gasteiger partial charge on any atom is 0.0108 e. The molecule has 4 rings (SSSR count). The predicted molar refractivity (Wildman–Crippen MR) is 79.9 cm³/mol. The van der Waals surface area contributed by atoms with Crippen molar-refractivity contribution in [2.45, 2.75) is 31.7 Å². The smallest absolute Gasteiger partial charge is 0.0108 e. The summed E-state index contributed by atoms with van der Waals surface area (Å²) >= 11 is 0. The lowest BCUT2D eigenvalue weighted by Gasteiger charge is -2.21. The number of hydrogen-bond donors (Lipinski definition) is 1. The van der Waals surface area contributed by atoms with Crippen LogP contribution in [0.15, 0.2) is 42.5 Å². The zero-order chi connectivity index (χ0) is 12.8. The summed E-state index contributed by atoms with van der Waals surface area (Å²) in [6, 6.07) is 15.6. The molecule has 1 heteroatoms. The lowest BCUT2D eigenvalue weighted by Crippen LogP contribution is -2.31.